The summed E-state index contributed by atoms with van der Waals surface area (Å²) < 4.78 is 7.38. The number of rotatable bonds is 8. The zero-order valence-corrected chi connectivity index (χ0v) is 17.3. The van der Waals surface area contributed by atoms with E-state index < -0.39 is 18.0 Å². The van der Waals surface area contributed by atoms with Gasteiger partial charge < -0.3 is 19.7 Å². The molecule has 1 unspecified atom stereocenters. The predicted octanol–water partition coefficient (Wildman–Crippen LogP) is 3.69. The number of carbonyl (C=O) groups excluding carboxylic acids is 1. The highest BCUT2D eigenvalue weighted by molar-refractivity contribution is 5.79. The van der Waals surface area contributed by atoms with Crippen molar-refractivity contribution in [2.75, 3.05) is 13.2 Å². The van der Waals surface area contributed by atoms with Gasteiger partial charge in [0.2, 0.25) is 0 Å². The highest BCUT2D eigenvalue weighted by Gasteiger charge is 2.29. The summed E-state index contributed by atoms with van der Waals surface area (Å²) in [6.07, 6.45) is 3.00. The maximum Gasteiger partial charge on any atom is 0.407 e. The zero-order valence-electron chi connectivity index (χ0n) is 17.3. The first kappa shape index (κ1) is 20.7. The summed E-state index contributed by atoms with van der Waals surface area (Å²) in [6.45, 7) is 2.86. The number of hydrogen-bond acceptors (Lipinski definition) is 4. The van der Waals surface area contributed by atoms with E-state index >= 15 is 0 Å². The van der Waals surface area contributed by atoms with Crippen LogP contribution in [0.5, 0.6) is 0 Å². The third kappa shape index (κ3) is 4.30. The van der Waals surface area contributed by atoms with Crippen LogP contribution in [0.25, 0.3) is 11.1 Å². The fraction of sp³-hybridized carbons (Fsp3) is 0.292. The SMILES string of the molecule is CCn1cncc1CC(CNC(=O)OCC1c2ccccc2-c2ccccc21)C(=O)O. The Morgan fingerprint density at radius 2 is 1.77 bits per heavy atom. The molecule has 0 fully saturated rings. The average Bonchev–Trinajstić information content (AvgIpc) is 3.37. The molecule has 0 saturated heterocycles. The van der Waals surface area contributed by atoms with Crippen LogP contribution in [0, 0.1) is 5.92 Å². The molecule has 3 aromatic rings. The molecular formula is C24H25N3O4. The van der Waals surface area contributed by atoms with Crippen LogP contribution in [-0.2, 0) is 22.5 Å². The van der Waals surface area contributed by atoms with Crippen LogP contribution in [0.1, 0.15) is 29.7 Å². The number of carboxylic acids is 1. The Bertz CT molecular complexity index is 1050. The van der Waals surface area contributed by atoms with E-state index in [1.54, 1.807) is 12.5 Å². The Morgan fingerprint density at radius 3 is 2.39 bits per heavy atom. The molecule has 1 aliphatic rings. The van der Waals surface area contributed by atoms with Gasteiger partial charge in [-0.3, -0.25) is 4.79 Å². The number of fused-ring (bicyclic) bond motifs is 3. The van der Waals surface area contributed by atoms with E-state index in [0.717, 1.165) is 27.9 Å². The van der Waals surface area contributed by atoms with E-state index in [9.17, 15) is 14.7 Å². The van der Waals surface area contributed by atoms with Crippen LogP contribution in [0.2, 0.25) is 0 Å². The molecule has 7 nitrogen and oxygen atoms in total. The van der Waals surface area contributed by atoms with Gasteiger partial charge >= 0.3 is 12.1 Å². The minimum Gasteiger partial charge on any atom is -0.481 e. The Morgan fingerprint density at radius 1 is 1.13 bits per heavy atom. The second-order valence-electron chi connectivity index (χ2n) is 7.62. The summed E-state index contributed by atoms with van der Waals surface area (Å²) >= 11 is 0. The Balaban J connectivity index is 1.36. The third-order valence-corrected chi connectivity index (χ3v) is 5.78. The lowest BCUT2D eigenvalue weighted by atomic mass is 9.98. The number of amides is 1. The number of carboxylic acid groups (broad SMARTS) is 1. The van der Waals surface area contributed by atoms with Gasteiger partial charge in [0.15, 0.2) is 0 Å². The molecular weight excluding hydrogens is 394 g/mol. The maximum atomic E-state index is 12.3. The monoisotopic (exact) mass is 419 g/mol. The standard InChI is InChI=1S/C24H25N3O4/c1-2-27-15-25-13-17(27)11-16(23(28)29)12-26-24(30)31-14-22-20-9-5-3-7-18(20)19-8-4-6-10-21(19)22/h3-10,13,15-16,22H,2,11-12,14H2,1H3,(H,26,30)(H,28,29). The number of alkyl carbamates (subject to hydrolysis) is 1. The predicted molar refractivity (Wildman–Crippen MR) is 116 cm³/mol. The van der Waals surface area contributed by atoms with E-state index in [1.165, 1.54) is 0 Å². The molecule has 0 saturated carbocycles. The maximum absolute atomic E-state index is 12.3. The number of carbonyl (C=O) groups is 2. The molecule has 31 heavy (non-hydrogen) atoms. The van der Waals surface area contributed by atoms with Gasteiger partial charge in [-0.2, -0.15) is 0 Å². The van der Waals surface area contributed by atoms with E-state index in [4.69, 9.17) is 4.74 Å². The number of ether oxygens (including phenoxy) is 1. The second-order valence-corrected chi connectivity index (χ2v) is 7.62. The number of benzene rings is 2. The third-order valence-electron chi connectivity index (χ3n) is 5.78. The number of nitrogens with one attached hydrogen (secondary N) is 1. The molecule has 7 heteroatoms. The molecule has 4 rings (SSSR count). The Kier molecular flexibility index (Phi) is 6.02. The number of aromatic nitrogens is 2. The van der Waals surface area contributed by atoms with Crippen molar-refractivity contribution < 1.29 is 19.4 Å². The number of imidazole rings is 1. The van der Waals surface area contributed by atoms with Gasteiger partial charge in [-0.15, -0.1) is 0 Å². The molecule has 2 aromatic carbocycles. The van der Waals surface area contributed by atoms with Gasteiger partial charge in [0.1, 0.15) is 6.61 Å². The highest BCUT2D eigenvalue weighted by atomic mass is 16.5. The average molecular weight is 419 g/mol. The summed E-state index contributed by atoms with van der Waals surface area (Å²) in [5.74, 6) is -1.77. The molecule has 1 atom stereocenters. The molecule has 0 spiro atoms. The lowest BCUT2D eigenvalue weighted by Crippen LogP contribution is -2.35. The lowest BCUT2D eigenvalue weighted by molar-refractivity contribution is -0.141. The molecule has 1 aliphatic carbocycles. The van der Waals surface area contributed by atoms with Gasteiger partial charge in [0.25, 0.3) is 0 Å². The van der Waals surface area contributed by atoms with Crippen molar-refractivity contribution in [3.8, 4) is 11.1 Å². The van der Waals surface area contributed by atoms with Gasteiger partial charge in [-0.1, -0.05) is 48.5 Å². The number of hydrogen-bond donors (Lipinski definition) is 2. The van der Waals surface area contributed by atoms with Crippen molar-refractivity contribution in [3.05, 3.63) is 77.9 Å². The number of nitrogens with zero attached hydrogens (tertiary/aromatic N) is 2. The fourth-order valence-electron chi connectivity index (χ4n) is 4.16. The van der Waals surface area contributed by atoms with E-state index in [0.29, 0.717) is 6.54 Å². The van der Waals surface area contributed by atoms with Crippen LogP contribution in [-0.4, -0.2) is 39.9 Å². The first-order valence-electron chi connectivity index (χ1n) is 10.4. The smallest absolute Gasteiger partial charge is 0.407 e. The Hall–Kier alpha value is -3.61. The van der Waals surface area contributed by atoms with Crippen LogP contribution in [0.4, 0.5) is 4.79 Å². The molecule has 2 N–H and O–H groups in total. The Labute approximate surface area is 180 Å². The van der Waals surface area contributed by atoms with Gasteiger partial charge in [0, 0.05) is 37.3 Å². The number of aryl methyl sites for hydroxylation is 1. The minimum absolute atomic E-state index is 0.0130. The molecule has 1 amide bonds. The lowest BCUT2D eigenvalue weighted by Gasteiger charge is -2.16. The summed E-state index contributed by atoms with van der Waals surface area (Å²) in [4.78, 5) is 28.1. The van der Waals surface area contributed by atoms with Crippen molar-refractivity contribution in [2.45, 2.75) is 25.8 Å². The highest BCUT2D eigenvalue weighted by Crippen LogP contribution is 2.44. The zero-order chi connectivity index (χ0) is 21.8. The summed E-state index contributed by atoms with van der Waals surface area (Å²) in [7, 11) is 0. The summed E-state index contributed by atoms with van der Waals surface area (Å²) in [5, 5.41) is 12.2. The molecule has 1 heterocycles. The van der Waals surface area contributed by atoms with Crippen molar-refractivity contribution >= 4 is 12.1 Å². The number of aliphatic carboxylic acids is 1. The van der Waals surface area contributed by atoms with Crippen molar-refractivity contribution in [2.24, 2.45) is 5.92 Å². The first-order chi connectivity index (χ1) is 15.1. The molecule has 1 aromatic heterocycles. The van der Waals surface area contributed by atoms with Crippen LogP contribution < -0.4 is 5.32 Å². The molecule has 0 bridgehead atoms. The topological polar surface area (TPSA) is 93.5 Å². The summed E-state index contributed by atoms with van der Waals surface area (Å²) in [6, 6.07) is 16.2. The van der Waals surface area contributed by atoms with Crippen molar-refractivity contribution in [3.63, 3.8) is 0 Å². The molecule has 0 aliphatic heterocycles. The van der Waals surface area contributed by atoms with E-state index in [-0.39, 0.29) is 25.5 Å². The molecule has 0 radical (unpaired) electrons. The van der Waals surface area contributed by atoms with Gasteiger partial charge in [-0.05, 0) is 29.2 Å². The van der Waals surface area contributed by atoms with Crippen LogP contribution in [0.15, 0.2) is 61.1 Å². The van der Waals surface area contributed by atoms with E-state index in [1.807, 2.05) is 35.8 Å². The first-order valence-corrected chi connectivity index (χ1v) is 10.4. The second kappa shape index (κ2) is 9.04. The largest absolute Gasteiger partial charge is 0.481 e. The van der Waals surface area contributed by atoms with Crippen LogP contribution in [0.3, 0.4) is 0 Å². The quantitative estimate of drug-likeness (QED) is 0.581. The van der Waals surface area contributed by atoms with Crippen molar-refractivity contribution in [1.82, 2.24) is 14.9 Å². The van der Waals surface area contributed by atoms with Crippen molar-refractivity contribution in [1.29, 1.82) is 0 Å². The van der Waals surface area contributed by atoms with Crippen LogP contribution >= 0.6 is 0 Å². The molecule has 160 valence electrons. The van der Waals surface area contributed by atoms with Gasteiger partial charge in [0.05, 0.1) is 12.2 Å². The minimum atomic E-state index is -0.970. The van der Waals surface area contributed by atoms with E-state index in [2.05, 4.69) is 34.6 Å². The normalized spacial score (nSPS) is 13.3. The fourth-order valence-corrected chi connectivity index (χ4v) is 4.16. The summed E-state index contributed by atoms with van der Waals surface area (Å²) in [5.41, 5.74) is 5.40. The van der Waals surface area contributed by atoms with Gasteiger partial charge in [-0.25, -0.2) is 9.78 Å².